The van der Waals surface area contributed by atoms with Crippen LogP contribution in [0.25, 0.3) is 0 Å². The smallest absolute Gasteiger partial charge is 0.330 e. The van der Waals surface area contributed by atoms with Crippen LogP contribution in [0, 0.1) is 5.92 Å². The van der Waals surface area contributed by atoms with Crippen molar-refractivity contribution in [1.82, 2.24) is 4.90 Å². The normalized spacial score (nSPS) is 23.9. The van der Waals surface area contributed by atoms with Gasteiger partial charge in [0.2, 0.25) is 5.91 Å². The van der Waals surface area contributed by atoms with Crippen molar-refractivity contribution in [3.05, 3.63) is 23.8 Å². The molecule has 1 aromatic rings. The van der Waals surface area contributed by atoms with Crippen LogP contribution in [0.2, 0.25) is 0 Å². The largest absolute Gasteiger partial charge is 0.497 e. The Hall–Kier alpha value is -2.24. The van der Waals surface area contributed by atoms with Crippen LogP contribution in [-0.2, 0) is 16.1 Å². The Morgan fingerprint density at radius 3 is 2.55 bits per heavy atom. The highest BCUT2D eigenvalue weighted by atomic mass is 16.5. The summed E-state index contributed by atoms with van der Waals surface area (Å²) in [6.07, 6.45) is 0.512. The first-order chi connectivity index (χ1) is 10.4. The highest BCUT2D eigenvalue weighted by Crippen LogP contribution is 2.42. The summed E-state index contributed by atoms with van der Waals surface area (Å²) in [4.78, 5) is 25.3. The number of β-lactam (4-membered cyclic amide) rings is 1. The van der Waals surface area contributed by atoms with Crippen molar-refractivity contribution in [2.75, 3.05) is 14.2 Å². The molecule has 1 saturated heterocycles. The second-order valence-corrected chi connectivity index (χ2v) is 5.52. The lowest BCUT2D eigenvalue weighted by Crippen LogP contribution is -2.72. The van der Waals surface area contributed by atoms with E-state index in [1.54, 1.807) is 32.2 Å². The SMILES string of the molecule is CCC1C(=O)N(Cc2ccc(OC)cc2OC)C1(C)C(=O)O. The summed E-state index contributed by atoms with van der Waals surface area (Å²) in [7, 11) is 3.09. The number of benzene rings is 1. The fraction of sp³-hybridized carbons (Fsp3) is 0.500. The molecule has 1 amide bonds. The first kappa shape index (κ1) is 16.1. The third-order valence-corrected chi connectivity index (χ3v) is 4.47. The van der Waals surface area contributed by atoms with Gasteiger partial charge in [0.1, 0.15) is 17.0 Å². The molecule has 2 atom stereocenters. The second-order valence-electron chi connectivity index (χ2n) is 5.52. The number of carbonyl (C=O) groups is 2. The minimum Gasteiger partial charge on any atom is -0.497 e. The molecule has 1 fully saturated rings. The van der Waals surface area contributed by atoms with E-state index in [1.807, 2.05) is 6.92 Å². The molecule has 0 aromatic heterocycles. The zero-order chi connectivity index (χ0) is 16.5. The maximum absolute atomic E-state index is 12.2. The summed E-state index contributed by atoms with van der Waals surface area (Å²) in [5, 5.41) is 9.52. The highest BCUT2D eigenvalue weighted by molar-refractivity contribution is 6.00. The Bertz CT molecular complexity index is 600. The van der Waals surface area contributed by atoms with E-state index in [4.69, 9.17) is 9.47 Å². The van der Waals surface area contributed by atoms with Crippen LogP contribution >= 0.6 is 0 Å². The monoisotopic (exact) mass is 307 g/mol. The maximum Gasteiger partial charge on any atom is 0.330 e. The summed E-state index contributed by atoms with van der Waals surface area (Å²) in [6.45, 7) is 3.63. The highest BCUT2D eigenvalue weighted by Gasteiger charge is 2.60. The number of carbonyl (C=O) groups excluding carboxylic acids is 1. The summed E-state index contributed by atoms with van der Waals surface area (Å²) < 4.78 is 10.4. The van der Waals surface area contributed by atoms with E-state index >= 15 is 0 Å². The molecule has 0 spiro atoms. The minimum atomic E-state index is -1.17. The molecule has 1 aromatic carbocycles. The number of amides is 1. The molecule has 1 aliphatic rings. The Labute approximate surface area is 129 Å². The fourth-order valence-corrected chi connectivity index (χ4v) is 3.01. The van der Waals surface area contributed by atoms with Crippen LogP contribution in [-0.4, -0.2) is 41.6 Å². The lowest BCUT2D eigenvalue weighted by atomic mass is 9.72. The van der Waals surface area contributed by atoms with Gasteiger partial charge < -0.3 is 19.5 Å². The molecule has 1 aliphatic heterocycles. The molecule has 1 heterocycles. The van der Waals surface area contributed by atoms with Gasteiger partial charge in [-0.3, -0.25) is 4.79 Å². The third-order valence-electron chi connectivity index (χ3n) is 4.47. The van der Waals surface area contributed by atoms with Gasteiger partial charge in [-0.05, 0) is 25.5 Å². The molecule has 2 rings (SSSR count). The van der Waals surface area contributed by atoms with Gasteiger partial charge in [0.05, 0.1) is 26.7 Å². The molecule has 6 heteroatoms. The van der Waals surface area contributed by atoms with Gasteiger partial charge in [0, 0.05) is 11.6 Å². The molecule has 0 saturated carbocycles. The second kappa shape index (κ2) is 5.87. The standard InChI is InChI=1S/C16H21NO5/c1-5-12-14(18)17(16(12,2)15(19)20)9-10-6-7-11(21-3)8-13(10)22-4/h6-8,12H,5,9H2,1-4H3,(H,19,20). The quantitative estimate of drug-likeness (QED) is 0.813. The van der Waals surface area contributed by atoms with Gasteiger partial charge >= 0.3 is 5.97 Å². The number of methoxy groups -OCH3 is 2. The van der Waals surface area contributed by atoms with Gasteiger partial charge in [-0.25, -0.2) is 4.79 Å². The van der Waals surface area contributed by atoms with E-state index in [2.05, 4.69) is 0 Å². The van der Waals surface area contributed by atoms with Gasteiger partial charge in [-0.15, -0.1) is 0 Å². The van der Waals surface area contributed by atoms with Crippen molar-refractivity contribution >= 4 is 11.9 Å². The molecule has 1 N–H and O–H groups in total. The van der Waals surface area contributed by atoms with Crippen LogP contribution < -0.4 is 9.47 Å². The molecule has 0 aliphatic carbocycles. The zero-order valence-corrected chi connectivity index (χ0v) is 13.3. The first-order valence-electron chi connectivity index (χ1n) is 7.15. The van der Waals surface area contributed by atoms with Gasteiger partial charge in [0.15, 0.2) is 0 Å². The van der Waals surface area contributed by atoms with Gasteiger partial charge in [-0.2, -0.15) is 0 Å². The van der Waals surface area contributed by atoms with Crippen LogP contribution in [0.5, 0.6) is 11.5 Å². The number of hydrogen-bond acceptors (Lipinski definition) is 4. The summed E-state index contributed by atoms with van der Waals surface area (Å²) in [5.41, 5.74) is -0.421. The number of aliphatic carboxylic acids is 1. The van der Waals surface area contributed by atoms with Crippen molar-refractivity contribution in [3.8, 4) is 11.5 Å². The van der Waals surface area contributed by atoms with Crippen molar-refractivity contribution in [1.29, 1.82) is 0 Å². The van der Waals surface area contributed by atoms with Crippen LogP contribution in [0.4, 0.5) is 0 Å². The summed E-state index contributed by atoms with van der Waals surface area (Å²) in [6, 6.07) is 5.26. The van der Waals surface area contributed by atoms with Crippen LogP contribution in [0.1, 0.15) is 25.8 Å². The number of hydrogen-bond donors (Lipinski definition) is 1. The fourth-order valence-electron chi connectivity index (χ4n) is 3.01. The molecular weight excluding hydrogens is 286 g/mol. The Balaban J connectivity index is 2.30. The number of carboxylic acid groups (broad SMARTS) is 1. The number of rotatable bonds is 6. The topological polar surface area (TPSA) is 76.1 Å². The Morgan fingerprint density at radius 1 is 1.36 bits per heavy atom. The van der Waals surface area contributed by atoms with Gasteiger partial charge in [0.25, 0.3) is 0 Å². The number of likely N-dealkylation sites (tertiary alicyclic amines) is 1. The van der Waals surface area contributed by atoms with E-state index in [0.29, 0.717) is 17.9 Å². The van der Waals surface area contributed by atoms with E-state index in [0.717, 1.165) is 5.56 Å². The third kappa shape index (κ3) is 2.28. The van der Waals surface area contributed by atoms with Crippen LogP contribution in [0.3, 0.4) is 0 Å². The van der Waals surface area contributed by atoms with E-state index in [1.165, 1.54) is 12.0 Å². The molecule has 0 bridgehead atoms. The average Bonchev–Trinajstić information content (AvgIpc) is 2.52. The summed E-state index contributed by atoms with van der Waals surface area (Å²) in [5.74, 6) is -0.381. The van der Waals surface area contributed by atoms with Gasteiger partial charge in [-0.1, -0.05) is 6.92 Å². The summed E-state index contributed by atoms with van der Waals surface area (Å²) >= 11 is 0. The van der Waals surface area contributed by atoms with Crippen molar-refractivity contribution in [3.63, 3.8) is 0 Å². The van der Waals surface area contributed by atoms with Crippen LogP contribution in [0.15, 0.2) is 18.2 Å². The maximum atomic E-state index is 12.2. The molecule has 120 valence electrons. The van der Waals surface area contributed by atoms with Crippen molar-refractivity contribution in [2.24, 2.45) is 5.92 Å². The lowest BCUT2D eigenvalue weighted by Gasteiger charge is -2.53. The number of carboxylic acids is 1. The first-order valence-corrected chi connectivity index (χ1v) is 7.15. The predicted molar refractivity (Wildman–Crippen MR) is 79.9 cm³/mol. The van der Waals surface area contributed by atoms with E-state index in [9.17, 15) is 14.7 Å². The van der Waals surface area contributed by atoms with E-state index < -0.39 is 17.4 Å². The molecular formula is C16H21NO5. The zero-order valence-electron chi connectivity index (χ0n) is 13.3. The Kier molecular flexibility index (Phi) is 4.30. The van der Waals surface area contributed by atoms with Crippen molar-refractivity contribution < 1.29 is 24.2 Å². The molecule has 6 nitrogen and oxygen atoms in total. The number of ether oxygens (including phenoxy) is 2. The average molecular weight is 307 g/mol. The van der Waals surface area contributed by atoms with Crippen molar-refractivity contribution in [2.45, 2.75) is 32.4 Å². The van der Waals surface area contributed by atoms with E-state index in [-0.39, 0.29) is 12.5 Å². The Morgan fingerprint density at radius 2 is 2.05 bits per heavy atom. The predicted octanol–water partition coefficient (Wildman–Crippen LogP) is 1.92. The number of nitrogens with zero attached hydrogens (tertiary/aromatic N) is 1. The minimum absolute atomic E-state index is 0.134. The lowest BCUT2D eigenvalue weighted by molar-refractivity contribution is -0.187. The molecule has 2 unspecified atom stereocenters. The molecule has 0 radical (unpaired) electrons. The molecule has 22 heavy (non-hydrogen) atoms.